The Bertz CT molecular complexity index is 1360. The monoisotopic (exact) mass is 521 g/mol. The quantitative estimate of drug-likeness (QED) is 0.588. The summed E-state index contributed by atoms with van der Waals surface area (Å²) in [6, 6.07) is 5.83. The Morgan fingerprint density at radius 3 is 2.47 bits per heavy atom. The second-order valence-corrected chi connectivity index (χ2v) is 11.4. The van der Waals surface area contributed by atoms with E-state index < -0.39 is 11.3 Å². The zero-order valence-electron chi connectivity index (χ0n) is 21.7. The van der Waals surface area contributed by atoms with Gasteiger partial charge in [-0.25, -0.2) is 9.37 Å². The van der Waals surface area contributed by atoms with Crippen LogP contribution in [-0.2, 0) is 15.2 Å². The molecule has 9 nitrogen and oxygen atoms in total. The van der Waals surface area contributed by atoms with Crippen LogP contribution in [0.4, 0.5) is 4.39 Å². The average Bonchev–Trinajstić information content (AvgIpc) is 3.41. The smallest absolute Gasteiger partial charge is 0.274 e. The first kappa shape index (κ1) is 24.9. The predicted molar refractivity (Wildman–Crippen MR) is 137 cm³/mol. The van der Waals surface area contributed by atoms with Gasteiger partial charge in [0.2, 0.25) is 0 Å². The molecule has 2 amide bonds. The highest BCUT2D eigenvalue weighted by molar-refractivity contribution is 6.10. The number of imidazole rings is 1. The maximum atomic E-state index is 13.5. The third-order valence-corrected chi connectivity index (χ3v) is 8.71. The Morgan fingerprint density at radius 1 is 1.13 bits per heavy atom. The fraction of sp³-hybridized carbons (Fsp3) is 0.500. The van der Waals surface area contributed by atoms with Gasteiger partial charge in [0, 0.05) is 44.7 Å². The number of allylic oxidation sites excluding steroid dienone is 2. The first-order chi connectivity index (χ1) is 18.1. The Morgan fingerprint density at radius 2 is 1.82 bits per heavy atom. The molecule has 2 aromatic rings. The summed E-state index contributed by atoms with van der Waals surface area (Å²) in [5.41, 5.74) is -0.441. The molecule has 1 aromatic heterocycles. The third-order valence-electron chi connectivity index (χ3n) is 8.71. The van der Waals surface area contributed by atoms with Gasteiger partial charge in [0.15, 0.2) is 0 Å². The van der Waals surface area contributed by atoms with E-state index in [0.717, 1.165) is 18.4 Å². The molecule has 0 radical (unpaired) electrons. The second kappa shape index (κ2) is 8.57. The number of carbonyl (C=O) groups is 2. The highest BCUT2D eigenvalue weighted by Crippen LogP contribution is 2.56. The van der Waals surface area contributed by atoms with Gasteiger partial charge in [-0.05, 0) is 61.1 Å². The standard InChI is InChI=1S/C28H32FN5O4/c1-26(7-8-26)20(15-21(30)18-3-5-19(29)6-4-18)23-31-16-22-24(35)33-12-11-32(17-27(33,2)34(22)23)25(36)28(37)9-13-38-14-10-28/h3-6,15-16,30,37H,7-14,17H2,1-2H3. The van der Waals surface area contributed by atoms with E-state index in [2.05, 4.69) is 11.9 Å². The summed E-state index contributed by atoms with van der Waals surface area (Å²) in [7, 11) is 0. The summed E-state index contributed by atoms with van der Waals surface area (Å²) in [6.07, 6.45) is 5.71. The van der Waals surface area contributed by atoms with Crippen LogP contribution in [0.1, 0.15) is 61.4 Å². The molecule has 4 aliphatic rings. The van der Waals surface area contributed by atoms with Gasteiger partial charge in [0.05, 0.1) is 18.5 Å². The number of nitrogens with zero attached hydrogens (tertiary/aromatic N) is 4. The summed E-state index contributed by atoms with van der Waals surface area (Å²) in [4.78, 5) is 35.1. The van der Waals surface area contributed by atoms with Crippen molar-refractivity contribution < 1.29 is 23.8 Å². The molecule has 3 fully saturated rings. The zero-order valence-corrected chi connectivity index (χ0v) is 21.7. The number of amides is 2. The lowest BCUT2D eigenvalue weighted by Crippen LogP contribution is -2.64. The summed E-state index contributed by atoms with van der Waals surface area (Å²) >= 11 is 0. The minimum absolute atomic E-state index is 0.142. The minimum Gasteiger partial charge on any atom is -0.381 e. The van der Waals surface area contributed by atoms with Gasteiger partial charge in [0.25, 0.3) is 11.8 Å². The average molecular weight is 522 g/mol. The van der Waals surface area contributed by atoms with E-state index in [0.29, 0.717) is 43.4 Å². The van der Waals surface area contributed by atoms with Gasteiger partial charge in [-0.15, -0.1) is 0 Å². The van der Waals surface area contributed by atoms with E-state index in [4.69, 9.17) is 10.1 Å². The molecular formula is C28H32FN5O4. The van der Waals surface area contributed by atoms with Crippen molar-refractivity contribution in [1.82, 2.24) is 19.4 Å². The van der Waals surface area contributed by atoms with Crippen LogP contribution >= 0.6 is 0 Å². The van der Waals surface area contributed by atoms with Crippen molar-refractivity contribution in [3.05, 3.63) is 59.4 Å². The van der Waals surface area contributed by atoms with Crippen molar-refractivity contribution in [2.45, 2.75) is 50.8 Å². The lowest BCUT2D eigenvalue weighted by molar-refractivity contribution is -0.166. The van der Waals surface area contributed by atoms with Crippen LogP contribution in [0.3, 0.4) is 0 Å². The summed E-state index contributed by atoms with van der Waals surface area (Å²) < 4.78 is 20.7. The number of ether oxygens (including phenoxy) is 1. The number of piperazine rings is 1. The molecule has 1 aromatic carbocycles. The Labute approximate surface area is 220 Å². The van der Waals surface area contributed by atoms with Crippen molar-refractivity contribution >= 4 is 23.1 Å². The molecule has 3 aliphatic heterocycles. The van der Waals surface area contributed by atoms with Crippen molar-refractivity contribution in [2.24, 2.45) is 5.41 Å². The van der Waals surface area contributed by atoms with Gasteiger partial charge in [-0.3, -0.25) is 14.2 Å². The normalized spacial score (nSPS) is 25.7. The SMILES string of the molecule is CC1(C(=CC(=N)c2ccc(F)cc2)c2ncc3n2C2(C)CN(C(=O)C4(O)CCOCC4)CCN2C3=O)CC1. The maximum Gasteiger partial charge on any atom is 0.274 e. The molecule has 0 bridgehead atoms. The molecule has 6 rings (SSSR count). The number of benzene rings is 1. The molecule has 2 N–H and O–H groups in total. The number of rotatable bonds is 5. The summed E-state index contributed by atoms with van der Waals surface area (Å²) in [6.45, 7) is 5.62. The van der Waals surface area contributed by atoms with E-state index >= 15 is 0 Å². The number of nitrogens with one attached hydrogen (secondary N) is 1. The molecule has 1 saturated carbocycles. The van der Waals surface area contributed by atoms with E-state index in [-0.39, 0.29) is 48.1 Å². The second-order valence-electron chi connectivity index (χ2n) is 11.4. The molecule has 10 heteroatoms. The fourth-order valence-electron chi connectivity index (χ4n) is 6.03. The predicted octanol–water partition coefficient (Wildman–Crippen LogP) is 2.79. The molecule has 38 heavy (non-hydrogen) atoms. The highest BCUT2D eigenvalue weighted by Gasteiger charge is 2.55. The number of hydrogen-bond donors (Lipinski definition) is 2. The number of carbonyl (C=O) groups excluding carboxylic acids is 2. The van der Waals surface area contributed by atoms with Crippen molar-refractivity contribution in [1.29, 1.82) is 5.41 Å². The largest absolute Gasteiger partial charge is 0.381 e. The maximum absolute atomic E-state index is 13.5. The molecule has 0 spiro atoms. The first-order valence-corrected chi connectivity index (χ1v) is 13.1. The molecule has 4 heterocycles. The topological polar surface area (TPSA) is 112 Å². The zero-order chi connectivity index (χ0) is 26.9. The number of fused-ring (bicyclic) bond motifs is 3. The lowest BCUT2D eigenvalue weighted by Gasteiger charge is -2.48. The van der Waals surface area contributed by atoms with Crippen LogP contribution in [0.2, 0.25) is 0 Å². The third kappa shape index (κ3) is 3.80. The fourth-order valence-corrected chi connectivity index (χ4v) is 6.03. The van der Waals surface area contributed by atoms with Crippen molar-refractivity contribution in [2.75, 3.05) is 32.8 Å². The number of hydrogen-bond acceptors (Lipinski definition) is 6. The van der Waals surface area contributed by atoms with Crippen molar-refractivity contribution in [3.8, 4) is 0 Å². The molecular weight excluding hydrogens is 489 g/mol. The number of aliphatic hydroxyl groups is 1. The Kier molecular flexibility index (Phi) is 5.63. The van der Waals surface area contributed by atoms with Gasteiger partial charge < -0.3 is 25.1 Å². The van der Waals surface area contributed by atoms with Crippen LogP contribution in [0.25, 0.3) is 5.57 Å². The van der Waals surface area contributed by atoms with Gasteiger partial charge >= 0.3 is 0 Å². The first-order valence-electron chi connectivity index (χ1n) is 13.1. The minimum atomic E-state index is -1.46. The lowest BCUT2D eigenvalue weighted by atomic mass is 9.91. The summed E-state index contributed by atoms with van der Waals surface area (Å²) in [5.74, 6) is -0.229. The van der Waals surface area contributed by atoms with Crippen LogP contribution < -0.4 is 0 Å². The molecule has 2 saturated heterocycles. The van der Waals surface area contributed by atoms with Crippen LogP contribution in [-0.4, -0.2) is 80.4 Å². The van der Waals surface area contributed by atoms with E-state index in [1.807, 2.05) is 11.5 Å². The molecule has 200 valence electrons. The van der Waals surface area contributed by atoms with Gasteiger partial charge in [0.1, 0.15) is 28.6 Å². The number of halogens is 1. The van der Waals surface area contributed by atoms with Crippen LogP contribution in [0, 0.1) is 16.6 Å². The molecule has 1 atom stereocenters. The van der Waals surface area contributed by atoms with E-state index in [9.17, 15) is 19.1 Å². The Hall–Kier alpha value is -3.37. The molecule has 1 aliphatic carbocycles. The van der Waals surface area contributed by atoms with E-state index in [1.165, 1.54) is 12.1 Å². The van der Waals surface area contributed by atoms with Crippen LogP contribution in [0.5, 0.6) is 0 Å². The van der Waals surface area contributed by atoms with E-state index in [1.54, 1.807) is 34.2 Å². The number of aromatic nitrogens is 2. The van der Waals surface area contributed by atoms with Gasteiger partial charge in [-0.2, -0.15) is 0 Å². The van der Waals surface area contributed by atoms with Crippen molar-refractivity contribution in [3.63, 3.8) is 0 Å². The van der Waals surface area contributed by atoms with Crippen LogP contribution in [0.15, 0.2) is 36.5 Å². The highest BCUT2D eigenvalue weighted by atomic mass is 19.1. The molecule has 1 unspecified atom stereocenters. The summed E-state index contributed by atoms with van der Waals surface area (Å²) in [5, 5.41) is 19.8. The Balaban J connectivity index is 1.38. The van der Waals surface area contributed by atoms with Gasteiger partial charge in [-0.1, -0.05) is 6.92 Å².